The molecule has 1 heterocycles. The average molecular weight is 193 g/mol. The molecule has 0 saturated carbocycles. The Bertz CT molecular complexity index is 320. The van der Waals surface area contributed by atoms with E-state index in [0.717, 1.165) is 5.69 Å². The van der Waals surface area contributed by atoms with Crippen LogP contribution in [0.5, 0.6) is 0 Å². The van der Waals surface area contributed by atoms with Gasteiger partial charge in [-0.1, -0.05) is 0 Å². The van der Waals surface area contributed by atoms with Crippen LogP contribution in [0.1, 0.15) is 26.5 Å². The van der Waals surface area contributed by atoms with E-state index in [0.29, 0.717) is 0 Å². The van der Waals surface area contributed by atoms with Gasteiger partial charge in [0.15, 0.2) is 0 Å². The molecule has 1 amide bonds. The normalized spacial score (nSPS) is 11.9. The van der Waals surface area contributed by atoms with Gasteiger partial charge in [0.1, 0.15) is 0 Å². The highest BCUT2D eigenvalue weighted by atomic mass is 16.1. The Morgan fingerprint density at radius 3 is 2.79 bits per heavy atom. The van der Waals surface area contributed by atoms with Gasteiger partial charge in [-0.15, -0.1) is 0 Å². The summed E-state index contributed by atoms with van der Waals surface area (Å²) in [6.45, 7) is 5.81. The lowest BCUT2D eigenvalue weighted by Gasteiger charge is -2.18. The standard InChI is InChI=1S/C10H15N3O/c1-10(2,3)13-9(14)5-4-8-6-11-7-12-8/h4-7H,1-3H3,(H,11,12)(H,13,14). The number of aromatic nitrogens is 2. The summed E-state index contributed by atoms with van der Waals surface area (Å²) in [5.74, 6) is -0.111. The van der Waals surface area contributed by atoms with Crippen LogP contribution >= 0.6 is 0 Å². The summed E-state index contributed by atoms with van der Waals surface area (Å²) < 4.78 is 0. The molecule has 4 nitrogen and oxygen atoms in total. The van der Waals surface area contributed by atoms with Crippen molar-refractivity contribution in [2.75, 3.05) is 0 Å². The predicted molar refractivity (Wildman–Crippen MR) is 55.5 cm³/mol. The number of hydrogen-bond acceptors (Lipinski definition) is 2. The minimum Gasteiger partial charge on any atom is -0.351 e. The van der Waals surface area contributed by atoms with Crippen LogP contribution in [0.15, 0.2) is 18.6 Å². The first-order valence-electron chi connectivity index (χ1n) is 4.46. The number of amides is 1. The zero-order valence-corrected chi connectivity index (χ0v) is 8.66. The molecule has 1 rings (SSSR count). The fourth-order valence-corrected chi connectivity index (χ4v) is 0.935. The largest absolute Gasteiger partial charge is 0.351 e. The van der Waals surface area contributed by atoms with E-state index in [4.69, 9.17) is 0 Å². The van der Waals surface area contributed by atoms with Crippen LogP contribution in [0.3, 0.4) is 0 Å². The second-order valence-electron chi connectivity index (χ2n) is 4.07. The van der Waals surface area contributed by atoms with E-state index < -0.39 is 0 Å². The second kappa shape index (κ2) is 4.09. The molecular formula is C10H15N3O. The lowest BCUT2D eigenvalue weighted by Crippen LogP contribution is -2.39. The maximum atomic E-state index is 11.3. The van der Waals surface area contributed by atoms with Crippen LogP contribution < -0.4 is 5.32 Å². The van der Waals surface area contributed by atoms with Crippen molar-refractivity contribution in [3.8, 4) is 0 Å². The molecule has 0 bridgehead atoms. The summed E-state index contributed by atoms with van der Waals surface area (Å²) in [5.41, 5.74) is 0.543. The first-order valence-corrected chi connectivity index (χ1v) is 4.46. The van der Waals surface area contributed by atoms with E-state index in [2.05, 4.69) is 15.3 Å². The molecule has 0 fully saturated rings. The zero-order valence-electron chi connectivity index (χ0n) is 8.66. The number of nitrogens with zero attached hydrogens (tertiary/aromatic N) is 1. The van der Waals surface area contributed by atoms with Crippen LogP contribution in [-0.2, 0) is 4.79 Å². The third-order valence-corrected chi connectivity index (χ3v) is 1.42. The first kappa shape index (κ1) is 10.5. The van der Waals surface area contributed by atoms with Gasteiger partial charge in [-0.25, -0.2) is 4.98 Å². The molecule has 0 saturated heterocycles. The maximum absolute atomic E-state index is 11.3. The average Bonchev–Trinajstić information content (AvgIpc) is 2.49. The highest BCUT2D eigenvalue weighted by molar-refractivity contribution is 5.91. The number of imidazole rings is 1. The van der Waals surface area contributed by atoms with Crippen molar-refractivity contribution in [3.05, 3.63) is 24.3 Å². The SMILES string of the molecule is CC(C)(C)NC(=O)C=Cc1c[nH]cn1. The summed E-state index contributed by atoms with van der Waals surface area (Å²) in [4.78, 5) is 18.1. The zero-order chi connectivity index (χ0) is 10.6. The van der Waals surface area contributed by atoms with Gasteiger partial charge >= 0.3 is 0 Å². The van der Waals surface area contributed by atoms with Gasteiger partial charge in [0, 0.05) is 17.8 Å². The third-order valence-electron chi connectivity index (χ3n) is 1.42. The fourth-order valence-electron chi connectivity index (χ4n) is 0.935. The van der Waals surface area contributed by atoms with Gasteiger partial charge in [0.05, 0.1) is 12.0 Å². The molecule has 0 aliphatic heterocycles. The van der Waals surface area contributed by atoms with Crippen LogP contribution in [0.2, 0.25) is 0 Å². The van der Waals surface area contributed by atoms with E-state index in [9.17, 15) is 4.79 Å². The van der Waals surface area contributed by atoms with Crippen LogP contribution in [0.4, 0.5) is 0 Å². The van der Waals surface area contributed by atoms with Crippen LogP contribution in [0.25, 0.3) is 6.08 Å². The molecule has 0 atom stereocenters. The lowest BCUT2D eigenvalue weighted by molar-refractivity contribution is -0.117. The van der Waals surface area contributed by atoms with Crippen molar-refractivity contribution >= 4 is 12.0 Å². The number of nitrogens with one attached hydrogen (secondary N) is 2. The Morgan fingerprint density at radius 2 is 2.29 bits per heavy atom. The quantitative estimate of drug-likeness (QED) is 0.696. The van der Waals surface area contributed by atoms with E-state index in [-0.39, 0.29) is 11.4 Å². The number of H-pyrrole nitrogens is 1. The molecule has 0 spiro atoms. The van der Waals surface area contributed by atoms with Crippen molar-refractivity contribution in [2.45, 2.75) is 26.3 Å². The van der Waals surface area contributed by atoms with E-state index in [1.807, 2.05) is 20.8 Å². The molecule has 1 aromatic rings. The van der Waals surface area contributed by atoms with Gasteiger partial charge in [-0.3, -0.25) is 4.79 Å². The highest BCUT2D eigenvalue weighted by Gasteiger charge is 2.10. The Kier molecular flexibility index (Phi) is 3.06. The van der Waals surface area contributed by atoms with Gasteiger partial charge < -0.3 is 10.3 Å². The van der Waals surface area contributed by atoms with Crippen molar-refractivity contribution in [1.82, 2.24) is 15.3 Å². The smallest absolute Gasteiger partial charge is 0.244 e. The van der Waals surface area contributed by atoms with Crippen molar-refractivity contribution in [2.24, 2.45) is 0 Å². The molecule has 0 unspecified atom stereocenters. The van der Waals surface area contributed by atoms with Crippen LogP contribution in [-0.4, -0.2) is 21.4 Å². The van der Waals surface area contributed by atoms with Gasteiger partial charge in [-0.05, 0) is 26.8 Å². The third kappa shape index (κ3) is 3.89. The molecule has 1 aromatic heterocycles. The minimum absolute atomic E-state index is 0.111. The molecule has 2 N–H and O–H groups in total. The van der Waals surface area contributed by atoms with Gasteiger partial charge in [-0.2, -0.15) is 0 Å². The topological polar surface area (TPSA) is 57.8 Å². The van der Waals surface area contributed by atoms with Crippen molar-refractivity contribution in [1.29, 1.82) is 0 Å². The fraction of sp³-hybridized carbons (Fsp3) is 0.400. The predicted octanol–water partition coefficient (Wildman–Crippen LogP) is 1.34. The molecule has 4 heteroatoms. The second-order valence-corrected chi connectivity index (χ2v) is 4.07. The molecule has 0 aromatic carbocycles. The summed E-state index contributed by atoms with van der Waals surface area (Å²) in [6, 6.07) is 0. The number of carbonyl (C=O) groups excluding carboxylic acids is 1. The summed E-state index contributed by atoms with van der Waals surface area (Å²) >= 11 is 0. The van der Waals surface area contributed by atoms with E-state index in [1.54, 1.807) is 18.6 Å². The van der Waals surface area contributed by atoms with Gasteiger partial charge in [0.25, 0.3) is 0 Å². The number of rotatable bonds is 2. The Morgan fingerprint density at radius 1 is 1.57 bits per heavy atom. The van der Waals surface area contributed by atoms with Crippen molar-refractivity contribution < 1.29 is 4.79 Å². The Hall–Kier alpha value is -1.58. The Labute approximate surface area is 83.4 Å². The minimum atomic E-state index is -0.201. The maximum Gasteiger partial charge on any atom is 0.244 e. The Balaban J connectivity index is 2.49. The molecule has 76 valence electrons. The monoisotopic (exact) mass is 193 g/mol. The van der Waals surface area contributed by atoms with Gasteiger partial charge in [0.2, 0.25) is 5.91 Å². The molecule has 0 radical (unpaired) electrons. The molecule has 0 aliphatic carbocycles. The number of hydrogen-bond donors (Lipinski definition) is 2. The summed E-state index contributed by atoms with van der Waals surface area (Å²) in [5, 5.41) is 2.82. The first-order chi connectivity index (χ1) is 6.47. The summed E-state index contributed by atoms with van der Waals surface area (Å²) in [6.07, 6.45) is 6.43. The van der Waals surface area contributed by atoms with Crippen LogP contribution in [0, 0.1) is 0 Å². The highest BCUT2D eigenvalue weighted by Crippen LogP contribution is 1.99. The van der Waals surface area contributed by atoms with Crippen molar-refractivity contribution in [3.63, 3.8) is 0 Å². The van der Waals surface area contributed by atoms with E-state index >= 15 is 0 Å². The number of aromatic amines is 1. The summed E-state index contributed by atoms with van der Waals surface area (Å²) in [7, 11) is 0. The molecule has 14 heavy (non-hydrogen) atoms. The molecular weight excluding hydrogens is 178 g/mol. The number of carbonyl (C=O) groups is 1. The van der Waals surface area contributed by atoms with E-state index in [1.165, 1.54) is 6.08 Å². The molecule has 0 aliphatic rings. The lowest BCUT2D eigenvalue weighted by atomic mass is 10.1.